The van der Waals surface area contributed by atoms with Gasteiger partial charge in [-0.3, -0.25) is 9.59 Å². The van der Waals surface area contributed by atoms with Gasteiger partial charge in [0, 0.05) is 10.4 Å². The van der Waals surface area contributed by atoms with E-state index in [1.54, 1.807) is 6.07 Å². The first-order valence-corrected chi connectivity index (χ1v) is 10.2. The summed E-state index contributed by atoms with van der Waals surface area (Å²) in [7, 11) is 0. The van der Waals surface area contributed by atoms with Gasteiger partial charge in [-0.15, -0.1) is 11.6 Å². The summed E-state index contributed by atoms with van der Waals surface area (Å²) < 4.78 is 5.55. The molecule has 2 unspecified atom stereocenters. The molecule has 2 aromatic carbocycles. The van der Waals surface area contributed by atoms with Crippen LogP contribution < -0.4 is 0 Å². The summed E-state index contributed by atoms with van der Waals surface area (Å²) in [5.41, 5.74) is 0.121. The average Bonchev–Trinajstić information content (AvgIpc) is 2.63. The highest BCUT2D eigenvalue weighted by Gasteiger charge is 2.60. The molecular weight excluding hydrogens is 360 g/mol. The lowest BCUT2D eigenvalue weighted by Crippen LogP contribution is -2.56. The van der Waals surface area contributed by atoms with Crippen LogP contribution in [-0.4, -0.2) is 23.2 Å². The number of Topliss-reactive ketones (excluding diaryl/α,β-unsaturated/α-hetero) is 1. The Morgan fingerprint density at radius 1 is 1.00 bits per heavy atom. The third-order valence-corrected chi connectivity index (χ3v) is 7.27. The van der Waals surface area contributed by atoms with Crippen molar-refractivity contribution in [1.29, 1.82) is 0 Å². The Labute approximate surface area is 164 Å². The first-order chi connectivity index (χ1) is 12.9. The van der Waals surface area contributed by atoms with Crippen molar-refractivity contribution in [3.63, 3.8) is 0 Å². The van der Waals surface area contributed by atoms with E-state index in [0.717, 1.165) is 36.5 Å². The zero-order valence-electron chi connectivity index (χ0n) is 15.2. The van der Waals surface area contributed by atoms with Crippen LogP contribution in [0.5, 0.6) is 0 Å². The number of benzene rings is 2. The van der Waals surface area contributed by atoms with Gasteiger partial charge in [-0.2, -0.15) is 0 Å². The molecule has 0 spiro atoms. The van der Waals surface area contributed by atoms with Gasteiger partial charge in [0.05, 0.1) is 5.41 Å². The fourth-order valence-electron chi connectivity index (χ4n) is 6.12. The fourth-order valence-corrected chi connectivity index (χ4v) is 6.81. The van der Waals surface area contributed by atoms with E-state index in [2.05, 4.69) is 0 Å². The first-order valence-electron chi connectivity index (χ1n) is 9.83. The molecule has 0 radical (unpaired) electrons. The summed E-state index contributed by atoms with van der Waals surface area (Å²) >= 11 is 6.80. The molecule has 3 nitrogen and oxygen atoms in total. The van der Waals surface area contributed by atoms with Crippen LogP contribution in [-0.2, 0) is 9.53 Å². The molecule has 6 rings (SSSR count). The molecule has 2 aromatic rings. The van der Waals surface area contributed by atoms with Crippen molar-refractivity contribution in [3.8, 4) is 0 Å². The van der Waals surface area contributed by atoms with Crippen LogP contribution in [0, 0.1) is 17.3 Å². The second-order valence-electron chi connectivity index (χ2n) is 8.95. The molecule has 4 aliphatic rings. The van der Waals surface area contributed by atoms with E-state index in [9.17, 15) is 9.59 Å². The van der Waals surface area contributed by atoms with Gasteiger partial charge in [0.1, 0.15) is 0 Å². The van der Waals surface area contributed by atoms with Crippen LogP contribution in [0.3, 0.4) is 0 Å². The summed E-state index contributed by atoms with van der Waals surface area (Å²) in [6, 6.07) is 13.5. The minimum Gasteiger partial charge on any atom is -0.457 e. The number of ketones is 1. The molecule has 0 N–H and O–H groups in total. The van der Waals surface area contributed by atoms with Crippen LogP contribution in [0.4, 0.5) is 0 Å². The summed E-state index contributed by atoms with van der Waals surface area (Å²) in [6.45, 7) is -0.191. The number of halogens is 1. The highest BCUT2D eigenvalue weighted by atomic mass is 35.5. The Morgan fingerprint density at radius 3 is 2.41 bits per heavy atom. The number of carbonyl (C=O) groups is 2. The second kappa shape index (κ2) is 6.07. The molecule has 0 aliphatic heterocycles. The maximum atomic E-state index is 13.0. The number of fused-ring (bicyclic) bond motifs is 1. The van der Waals surface area contributed by atoms with E-state index in [0.29, 0.717) is 23.8 Å². The van der Waals surface area contributed by atoms with Gasteiger partial charge < -0.3 is 4.74 Å². The number of ether oxygens (including phenoxy) is 1. The lowest BCUT2D eigenvalue weighted by atomic mass is 9.49. The molecule has 0 saturated heterocycles. The van der Waals surface area contributed by atoms with Crippen LogP contribution in [0.1, 0.15) is 48.9 Å². The van der Waals surface area contributed by atoms with E-state index in [4.69, 9.17) is 16.3 Å². The largest absolute Gasteiger partial charge is 0.457 e. The zero-order chi connectivity index (χ0) is 18.6. The maximum Gasteiger partial charge on any atom is 0.312 e. The molecule has 140 valence electrons. The normalized spacial score (nSPS) is 34.0. The molecule has 0 amide bonds. The van der Waals surface area contributed by atoms with Gasteiger partial charge in [-0.05, 0) is 67.2 Å². The zero-order valence-corrected chi connectivity index (χ0v) is 16.0. The van der Waals surface area contributed by atoms with Crippen molar-refractivity contribution in [2.45, 2.75) is 43.4 Å². The Bertz CT molecular complexity index is 920. The van der Waals surface area contributed by atoms with Gasteiger partial charge in [0.15, 0.2) is 12.4 Å². The molecule has 4 saturated carbocycles. The highest BCUT2D eigenvalue weighted by Crippen LogP contribution is 2.64. The molecule has 4 bridgehead atoms. The Balaban J connectivity index is 1.29. The molecule has 4 fully saturated rings. The highest BCUT2D eigenvalue weighted by molar-refractivity contribution is 6.24. The monoisotopic (exact) mass is 382 g/mol. The van der Waals surface area contributed by atoms with Gasteiger partial charge in [-0.1, -0.05) is 36.4 Å². The average molecular weight is 383 g/mol. The van der Waals surface area contributed by atoms with E-state index >= 15 is 0 Å². The minimum absolute atomic E-state index is 0.153. The van der Waals surface area contributed by atoms with Crippen molar-refractivity contribution >= 4 is 34.1 Å². The van der Waals surface area contributed by atoms with Gasteiger partial charge in [0.25, 0.3) is 0 Å². The number of rotatable bonds is 4. The molecule has 4 heteroatoms. The predicted octanol–water partition coefficient (Wildman–Crippen LogP) is 5.14. The van der Waals surface area contributed by atoms with Crippen molar-refractivity contribution in [2.75, 3.05) is 6.61 Å². The maximum absolute atomic E-state index is 13.0. The Morgan fingerprint density at radius 2 is 1.70 bits per heavy atom. The summed E-state index contributed by atoms with van der Waals surface area (Å²) in [4.78, 5) is 25.3. The molecule has 0 heterocycles. The van der Waals surface area contributed by atoms with Crippen molar-refractivity contribution in [3.05, 3.63) is 48.0 Å². The quantitative estimate of drug-likeness (QED) is 0.417. The minimum atomic E-state index is -0.463. The van der Waals surface area contributed by atoms with Gasteiger partial charge in [0.2, 0.25) is 0 Å². The number of esters is 1. The molecule has 2 atom stereocenters. The van der Waals surface area contributed by atoms with Gasteiger partial charge >= 0.3 is 5.97 Å². The fraction of sp³-hybridized carbons (Fsp3) is 0.478. The van der Waals surface area contributed by atoms with E-state index in [1.165, 1.54) is 6.42 Å². The van der Waals surface area contributed by atoms with Crippen LogP contribution >= 0.6 is 11.6 Å². The smallest absolute Gasteiger partial charge is 0.312 e. The van der Waals surface area contributed by atoms with Gasteiger partial charge in [-0.25, -0.2) is 0 Å². The molecule has 0 aromatic heterocycles. The lowest BCUT2D eigenvalue weighted by molar-refractivity contribution is -0.168. The molecular formula is C23H23ClO3. The SMILES string of the molecule is O=C(COC(=O)C12CC3CC(CC(Cl)(C3)C1)C2)c1ccc2ccccc2c1. The lowest BCUT2D eigenvalue weighted by Gasteiger charge is -2.58. The predicted molar refractivity (Wildman–Crippen MR) is 105 cm³/mol. The topological polar surface area (TPSA) is 43.4 Å². The number of carbonyl (C=O) groups excluding carboxylic acids is 2. The van der Waals surface area contributed by atoms with Crippen LogP contribution in [0.15, 0.2) is 42.5 Å². The number of hydrogen-bond donors (Lipinski definition) is 0. The first kappa shape index (κ1) is 17.2. The van der Waals surface area contributed by atoms with Crippen molar-refractivity contribution < 1.29 is 14.3 Å². The summed E-state index contributed by atoms with van der Waals surface area (Å²) in [5, 5.41) is 2.10. The van der Waals surface area contributed by atoms with E-state index < -0.39 is 5.41 Å². The Hall–Kier alpha value is -1.87. The molecule has 27 heavy (non-hydrogen) atoms. The van der Waals surface area contributed by atoms with Crippen molar-refractivity contribution in [1.82, 2.24) is 0 Å². The standard InChI is InChI=1S/C23H23ClO3/c24-23-11-15-7-16(12-23)10-22(9-15,14-23)21(26)27-13-20(25)19-6-5-17-3-1-2-4-18(17)8-19/h1-6,8,15-16H,7,9-14H2. The Kier molecular flexibility index (Phi) is 3.87. The summed E-state index contributed by atoms with van der Waals surface area (Å²) in [5.74, 6) is 0.704. The van der Waals surface area contributed by atoms with E-state index in [1.807, 2.05) is 36.4 Å². The van der Waals surface area contributed by atoms with E-state index in [-0.39, 0.29) is 23.2 Å². The van der Waals surface area contributed by atoms with Crippen LogP contribution in [0.25, 0.3) is 10.8 Å². The summed E-state index contributed by atoms with van der Waals surface area (Å²) in [6.07, 6.45) is 5.70. The third-order valence-electron chi connectivity index (χ3n) is 6.83. The van der Waals surface area contributed by atoms with Crippen LogP contribution in [0.2, 0.25) is 0 Å². The van der Waals surface area contributed by atoms with Crippen molar-refractivity contribution in [2.24, 2.45) is 17.3 Å². The number of hydrogen-bond acceptors (Lipinski definition) is 3. The third kappa shape index (κ3) is 2.97. The number of alkyl halides is 1. The molecule has 4 aliphatic carbocycles. The second-order valence-corrected chi connectivity index (χ2v) is 9.76.